The third kappa shape index (κ3) is 5.80. The molecule has 0 saturated carbocycles. The lowest BCUT2D eigenvalue weighted by Crippen LogP contribution is -2.03. The molecular formula is C30H29F3O. The average Bonchev–Trinajstić information content (AvgIpc) is 2.84. The maximum Gasteiger partial charge on any atom is 0.387 e. The van der Waals surface area contributed by atoms with Gasteiger partial charge in [0.1, 0.15) is 0 Å². The van der Waals surface area contributed by atoms with Crippen LogP contribution < -0.4 is 4.74 Å². The smallest absolute Gasteiger partial charge is 0.387 e. The van der Waals surface area contributed by atoms with E-state index in [1.165, 1.54) is 60.6 Å². The summed E-state index contributed by atoms with van der Waals surface area (Å²) in [5.41, 5.74) is 4.99. The van der Waals surface area contributed by atoms with Gasteiger partial charge in [0, 0.05) is 0 Å². The predicted molar refractivity (Wildman–Crippen MR) is 134 cm³/mol. The highest BCUT2D eigenvalue weighted by Crippen LogP contribution is 2.32. The van der Waals surface area contributed by atoms with Crippen LogP contribution in [0.3, 0.4) is 0 Å². The van der Waals surface area contributed by atoms with E-state index < -0.39 is 18.2 Å². The van der Waals surface area contributed by atoms with E-state index in [1.54, 1.807) is 6.07 Å². The number of halogens is 3. The molecular weight excluding hydrogens is 433 g/mol. The monoisotopic (exact) mass is 462 g/mol. The van der Waals surface area contributed by atoms with Crippen LogP contribution in [0.4, 0.5) is 13.2 Å². The summed E-state index contributed by atoms with van der Waals surface area (Å²) < 4.78 is 43.1. The molecule has 0 saturated heterocycles. The number of hydrogen-bond acceptors (Lipinski definition) is 1. The van der Waals surface area contributed by atoms with Crippen molar-refractivity contribution in [1.29, 1.82) is 0 Å². The van der Waals surface area contributed by atoms with Crippen LogP contribution in [0.25, 0.3) is 33.0 Å². The third-order valence-corrected chi connectivity index (χ3v) is 6.19. The van der Waals surface area contributed by atoms with Crippen LogP contribution in [0.5, 0.6) is 5.75 Å². The summed E-state index contributed by atoms with van der Waals surface area (Å²) in [5.74, 6) is -1.26. The minimum atomic E-state index is -3.05. The van der Waals surface area contributed by atoms with Crippen molar-refractivity contribution in [3.63, 3.8) is 0 Å². The molecule has 0 aliphatic rings. The maximum absolute atomic E-state index is 14.1. The molecule has 4 aromatic rings. The quantitative estimate of drug-likeness (QED) is 0.213. The fourth-order valence-electron chi connectivity index (χ4n) is 4.39. The second kappa shape index (κ2) is 11.2. The van der Waals surface area contributed by atoms with Crippen molar-refractivity contribution < 1.29 is 17.9 Å². The Morgan fingerprint density at radius 2 is 1.47 bits per heavy atom. The summed E-state index contributed by atoms with van der Waals surface area (Å²) in [6.45, 7) is -0.818. The van der Waals surface area contributed by atoms with E-state index in [9.17, 15) is 13.2 Å². The zero-order valence-electron chi connectivity index (χ0n) is 19.4. The number of ether oxygens (including phenoxy) is 1. The Hall–Kier alpha value is -3.27. The Kier molecular flexibility index (Phi) is 7.89. The summed E-state index contributed by atoms with van der Waals surface area (Å²) in [7, 11) is 0. The zero-order chi connectivity index (χ0) is 23.9. The molecule has 176 valence electrons. The number of alkyl halides is 2. The SMILES string of the molecule is CCCCCCCc1ccc2c(-c3ccc(-c4ccc(OC(F)F)c(F)c4)cc3)cccc2c1. The van der Waals surface area contributed by atoms with Gasteiger partial charge in [-0.3, -0.25) is 0 Å². The second-order valence-corrected chi connectivity index (χ2v) is 8.63. The van der Waals surface area contributed by atoms with Crippen LogP contribution in [0.1, 0.15) is 44.6 Å². The number of hydrogen-bond donors (Lipinski definition) is 0. The van der Waals surface area contributed by atoms with Gasteiger partial charge in [-0.15, -0.1) is 0 Å². The van der Waals surface area contributed by atoms with E-state index in [-0.39, 0.29) is 0 Å². The molecule has 0 aliphatic heterocycles. The second-order valence-electron chi connectivity index (χ2n) is 8.63. The van der Waals surface area contributed by atoms with Crippen molar-refractivity contribution >= 4 is 10.8 Å². The van der Waals surface area contributed by atoms with E-state index in [0.29, 0.717) is 5.56 Å². The highest BCUT2D eigenvalue weighted by atomic mass is 19.3. The molecule has 0 unspecified atom stereocenters. The Balaban J connectivity index is 1.52. The molecule has 0 radical (unpaired) electrons. The first-order chi connectivity index (χ1) is 16.5. The van der Waals surface area contributed by atoms with Crippen LogP contribution in [-0.4, -0.2) is 6.61 Å². The van der Waals surface area contributed by atoms with Gasteiger partial charge in [0.2, 0.25) is 0 Å². The number of unbranched alkanes of at least 4 members (excludes halogenated alkanes) is 4. The fourth-order valence-corrected chi connectivity index (χ4v) is 4.39. The van der Waals surface area contributed by atoms with Gasteiger partial charge in [0.25, 0.3) is 0 Å². The summed E-state index contributed by atoms with van der Waals surface area (Å²) in [4.78, 5) is 0. The first-order valence-electron chi connectivity index (χ1n) is 11.9. The van der Waals surface area contributed by atoms with E-state index >= 15 is 0 Å². The molecule has 4 aromatic carbocycles. The van der Waals surface area contributed by atoms with Gasteiger partial charge in [0.15, 0.2) is 11.6 Å². The first kappa shape index (κ1) is 23.9. The van der Waals surface area contributed by atoms with Crippen LogP contribution >= 0.6 is 0 Å². The van der Waals surface area contributed by atoms with E-state index in [1.807, 2.05) is 24.3 Å². The van der Waals surface area contributed by atoms with E-state index in [4.69, 9.17) is 0 Å². The normalized spacial score (nSPS) is 11.3. The third-order valence-electron chi connectivity index (χ3n) is 6.19. The topological polar surface area (TPSA) is 9.23 Å². The number of benzene rings is 4. The van der Waals surface area contributed by atoms with Crippen LogP contribution in [-0.2, 0) is 6.42 Å². The number of rotatable bonds is 10. The van der Waals surface area contributed by atoms with Gasteiger partial charge in [-0.25, -0.2) is 4.39 Å². The van der Waals surface area contributed by atoms with Crippen LogP contribution in [0.2, 0.25) is 0 Å². The predicted octanol–water partition coefficient (Wildman–Crippen LogP) is 9.43. The van der Waals surface area contributed by atoms with Crippen molar-refractivity contribution in [2.45, 2.75) is 52.1 Å². The molecule has 4 heteroatoms. The largest absolute Gasteiger partial charge is 0.432 e. The summed E-state index contributed by atoms with van der Waals surface area (Å²) in [6, 6.07) is 24.9. The standard InChI is InChI=1S/C30H29F3O/c1-2-3-4-5-6-8-21-11-17-27-25(19-21)9-7-10-26(27)23-14-12-22(13-15-23)24-16-18-29(28(31)20-24)34-30(32)33/h7,9-20,30H,2-6,8H2,1H3. The van der Waals surface area contributed by atoms with Crippen LogP contribution in [0, 0.1) is 5.82 Å². The lowest BCUT2D eigenvalue weighted by Gasteiger charge is -2.11. The van der Waals surface area contributed by atoms with Gasteiger partial charge < -0.3 is 4.74 Å². The molecule has 0 atom stereocenters. The first-order valence-corrected chi connectivity index (χ1v) is 11.9. The Bertz CT molecular complexity index is 1230. The van der Waals surface area contributed by atoms with E-state index in [2.05, 4.69) is 48.1 Å². The highest BCUT2D eigenvalue weighted by molar-refractivity contribution is 5.97. The molecule has 0 N–H and O–H groups in total. The van der Waals surface area contributed by atoms with Crippen molar-refractivity contribution in [1.82, 2.24) is 0 Å². The van der Waals surface area contributed by atoms with Crippen molar-refractivity contribution in [2.24, 2.45) is 0 Å². The molecule has 0 amide bonds. The lowest BCUT2D eigenvalue weighted by molar-refractivity contribution is -0.0521. The average molecular weight is 463 g/mol. The van der Waals surface area contributed by atoms with Crippen LogP contribution in [0.15, 0.2) is 78.9 Å². The number of aryl methyl sites for hydroxylation is 1. The van der Waals surface area contributed by atoms with Gasteiger partial charge in [-0.2, -0.15) is 8.78 Å². The summed E-state index contributed by atoms with van der Waals surface area (Å²) >= 11 is 0. The minimum absolute atomic E-state index is 0.452. The Labute approximate surface area is 199 Å². The molecule has 0 bridgehead atoms. The Morgan fingerprint density at radius 3 is 2.21 bits per heavy atom. The highest BCUT2D eigenvalue weighted by Gasteiger charge is 2.11. The van der Waals surface area contributed by atoms with Gasteiger partial charge >= 0.3 is 6.61 Å². The zero-order valence-corrected chi connectivity index (χ0v) is 19.4. The molecule has 4 rings (SSSR count). The molecule has 34 heavy (non-hydrogen) atoms. The molecule has 0 fully saturated rings. The lowest BCUT2D eigenvalue weighted by atomic mass is 9.94. The molecule has 1 nitrogen and oxygen atoms in total. The van der Waals surface area contributed by atoms with Crippen molar-refractivity contribution in [3.8, 4) is 28.0 Å². The summed E-state index contributed by atoms with van der Waals surface area (Å²) in [5, 5.41) is 2.42. The van der Waals surface area contributed by atoms with Gasteiger partial charge in [-0.05, 0) is 63.6 Å². The molecule has 0 spiro atoms. The molecule has 0 aromatic heterocycles. The fraction of sp³-hybridized carbons (Fsp3) is 0.267. The van der Waals surface area contributed by atoms with Crippen molar-refractivity contribution in [2.75, 3.05) is 0 Å². The Morgan fingerprint density at radius 1 is 0.735 bits per heavy atom. The minimum Gasteiger partial charge on any atom is -0.432 e. The van der Waals surface area contributed by atoms with Gasteiger partial charge in [-0.1, -0.05) is 99.3 Å². The summed E-state index contributed by atoms with van der Waals surface area (Å²) in [6.07, 6.45) is 7.50. The molecule has 0 heterocycles. The van der Waals surface area contributed by atoms with Crippen molar-refractivity contribution in [3.05, 3.63) is 90.2 Å². The van der Waals surface area contributed by atoms with E-state index in [0.717, 1.165) is 23.1 Å². The maximum atomic E-state index is 14.1. The molecule has 0 aliphatic carbocycles. The van der Waals surface area contributed by atoms with Gasteiger partial charge in [0.05, 0.1) is 0 Å². The number of fused-ring (bicyclic) bond motifs is 1.